The zero-order valence-electron chi connectivity index (χ0n) is 16.6. The first-order valence-corrected chi connectivity index (χ1v) is 11.2. The van der Waals surface area contributed by atoms with E-state index in [1.165, 1.54) is 49.4 Å². The second-order valence-corrected chi connectivity index (χ2v) is 9.15. The minimum absolute atomic E-state index is 0.0459. The fourth-order valence-corrected chi connectivity index (χ4v) is 3.68. The number of nitrogens with one attached hydrogen (secondary N) is 1. The van der Waals surface area contributed by atoms with Crippen molar-refractivity contribution in [2.24, 2.45) is 0 Å². The molecule has 0 fully saturated rings. The topological polar surface area (TPSA) is 149 Å². The molecule has 3 rings (SSSR count). The largest absolute Gasteiger partial charge is 0.506 e. The van der Waals surface area contributed by atoms with Crippen LogP contribution in [0.4, 0.5) is 11.4 Å². The molecule has 0 bridgehead atoms. The third kappa shape index (κ3) is 5.18. The number of carbonyl (C=O) groups is 1. The lowest BCUT2D eigenvalue weighted by Crippen LogP contribution is -2.12. The maximum absolute atomic E-state index is 12.5. The van der Waals surface area contributed by atoms with Crippen molar-refractivity contribution >= 4 is 38.7 Å². The third-order valence-corrected chi connectivity index (χ3v) is 6.38. The molecule has 10 nitrogen and oxygen atoms in total. The summed E-state index contributed by atoms with van der Waals surface area (Å²) in [5.74, 6) is -1.01. The molecule has 2 N–H and O–H groups in total. The fraction of sp³-hybridized carbons (Fsp3) is 0.150. The first-order chi connectivity index (χ1) is 15.1. The van der Waals surface area contributed by atoms with Crippen molar-refractivity contribution in [2.45, 2.75) is 18.4 Å². The number of sulfone groups is 1. The Labute approximate surface area is 187 Å². The molecule has 0 radical (unpaired) electrons. The molecule has 168 valence electrons. The van der Waals surface area contributed by atoms with E-state index in [0.29, 0.717) is 0 Å². The van der Waals surface area contributed by atoms with Gasteiger partial charge in [0.2, 0.25) is 0 Å². The summed E-state index contributed by atoms with van der Waals surface area (Å²) >= 11 is 5.97. The van der Waals surface area contributed by atoms with Crippen LogP contribution in [-0.2, 0) is 16.4 Å². The van der Waals surface area contributed by atoms with E-state index in [-0.39, 0.29) is 56.7 Å². The number of benzene rings is 2. The van der Waals surface area contributed by atoms with Gasteiger partial charge in [0.25, 0.3) is 11.6 Å². The van der Waals surface area contributed by atoms with Crippen LogP contribution in [0.2, 0.25) is 5.02 Å². The summed E-state index contributed by atoms with van der Waals surface area (Å²) < 4.78 is 34.9. The van der Waals surface area contributed by atoms with Crippen molar-refractivity contribution < 1.29 is 32.4 Å². The highest BCUT2D eigenvalue weighted by molar-refractivity contribution is 7.91. The molecule has 2 aromatic carbocycles. The zero-order chi connectivity index (χ0) is 23.5. The molecule has 12 heteroatoms. The van der Waals surface area contributed by atoms with Crippen molar-refractivity contribution in [1.82, 2.24) is 0 Å². The SMILES string of the molecule is CCS(=O)(=O)c1ccc(O)c(NC(=O)c2ccc(COc3cc([N+](=O)[O-])ccc3Cl)o2)c1. The summed E-state index contributed by atoms with van der Waals surface area (Å²) in [6, 6.07) is 10.1. The Morgan fingerprint density at radius 2 is 1.97 bits per heavy atom. The van der Waals surface area contributed by atoms with E-state index in [4.69, 9.17) is 20.8 Å². The van der Waals surface area contributed by atoms with E-state index >= 15 is 0 Å². The van der Waals surface area contributed by atoms with Gasteiger partial charge in [0.15, 0.2) is 15.6 Å². The summed E-state index contributed by atoms with van der Waals surface area (Å²) in [7, 11) is -3.53. The van der Waals surface area contributed by atoms with Crippen molar-refractivity contribution in [2.75, 3.05) is 11.1 Å². The predicted molar refractivity (Wildman–Crippen MR) is 115 cm³/mol. The predicted octanol–water partition coefficient (Wildman–Crippen LogP) is 4.17. The van der Waals surface area contributed by atoms with E-state index in [1.807, 2.05) is 0 Å². The number of halogens is 1. The van der Waals surface area contributed by atoms with Gasteiger partial charge in [0.05, 0.1) is 32.3 Å². The molecule has 0 aliphatic rings. The lowest BCUT2D eigenvalue weighted by molar-refractivity contribution is -0.384. The van der Waals surface area contributed by atoms with Crippen LogP contribution >= 0.6 is 11.6 Å². The lowest BCUT2D eigenvalue weighted by Gasteiger charge is -2.09. The number of nitro groups is 1. The normalized spacial score (nSPS) is 11.2. The molecule has 1 heterocycles. The third-order valence-electron chi connectivity index (χ3n) is 4.34. The molecule has 0 atom stereocenters. The number of phenols is 1. The molecule has 0 unspecified atom stereocenters. The van der Waals surface area contributed by atoms with Crippen LogP contribution in [-0.4, -0.2) is 30.1 Å². The first-order valence-electron chi connectivity index (χ1n) is 9.13. The molecular formula is C20H17ClN2O8S. The van der Waals surface area contributed by atoms with Crippen LogP contribution in [0.5, 0.6) is 11.5 Å². The quantitative estimate of drug-likeness (QED) is 0.277. The van der Waals surface area contributed by atoms with Crippen LogP contribution in [0, 0.1) is 10.1 Å². The lowest BCUT2D eigenvalue weighted by atomic mass is 10.3. The Balaban J connectivity index is 1.71. The zero-order valence-corrected chi connectivity index (χ0v) is 18.1. The van der Waals surface area contributed by atoms with E-state index in [9.17, 15) is 28.4 Å². The van der Waals surface area contributed by atoms with E-state index < -0.39 is 20.7 Å². The number of ether oxygens (including phenoxy) is 1. The number of carbonyl (C=O) groups excluding carboxylic acids is 1. The van der Waals surface area contributed by atoms with Gasteiger partial charge in [-0.15, -0.1) is 0 Å². The molecule has 0 spiro atoms. The molecule has 0 aliphatic carbocycles. The van der Waals surface area contributed by atoms with Crippen molar-refractivity contribution in [3.63, 3.8) is 0 Å². The van der Waals surface area contributed by atoms with Crippen molar-refractivity contribution in [1.29, 1.82) is 0 Å². The molecule has 32 heavy (non-hydrogen) atoms. The Morgan fingerprint density at radius 1 is 1.22 bits per heavy atom. The first kappa shape index (κ1) is 23.1. The number of phenolic OH excluding ortho intramolecular Hbond substituents is 1. The van der Waals surface area contributed by atoms with Gasteiger partial charge in [-0.1, -0.05) is 18.5 Å². The molecule has 0 saturated carbocycles. The van der Waals surface area contributed by atoms with Gasteiger partial charge in [-0.3, -0.25) is 14.9 Å². The Morgan fingerprint density at radius 3 is 2.66 bits per heavy atom. The van der Waals surface area contributed by atoms with Crippen LogP contribution in [0.1, 0.15) is 23.2 Å². The number of non-ortho nitro benzene ring substituents is 1. The number of hydrogen-bond donors (Lipinski definition) is 2. The highest BCUT2D eigenvalue weighted by Gasteiger charge is 2.18. The summed E-state index contributed by atoms with van der Waals surface area (Å²) in [4.78, 5) is 22.7. The Bertz CT molecular complexity index is 1290. The van der Waals surface area contributed by atoms with Gasteiger partial charge in [-0.2, -0.15) is 0 Å². The average Bonchev–Trinajstić information content (AvgIpc) is 3.23. The number of hydrogen-bond acceptors (Lipinski definition) is 8. The number of nitro benzene ring substituents is 1. The standard InChI is InChI=1S/C20H17ClN2O8S/c1-2-32(28,29)14-5-7-17(24)16(10-14)22-20(25)18-8-4-13(31-18)11-30-19-9-12(23(26)27)3-6-15(19)21/h3-10,24H,2,11H2,1H3,(H,22,25). The monoisotopic (exact) mass is 480 g/mol. The Kier molecular flexibility index (Phi) is 6.70. The number of furan rings is 1. The maximum Gasteiger partial charge on any atom is 0.291 e. The summed E-state index contributed by atoms with van der Waals surface area (Å²) in [6.07, 6.45) is 0. The van der Waals surface area contributed by atoms with Gasteiger partial charge in [-0.25, -0.2) is 8.42 Å². The van der Waals surface area contributed by atoms with Gasteiger partial charge >= 0.3 is 0 Å². The highest BCUT2D eigenvalue weighted by atomic mass is 35.5. The molecular weight excluding hydrogens is 464 g/mol. The molecule has 3 aromatic rings. The molecule has 1 aromatic heterocycles. The Hall–Kier alpha value is -3.57. The smallest absolute Gasteiger partial charge is 0.291 e. The van der Waals surface area contributed by atoms with Gasteiger partial charge in [-0.05, 0) is 36.4 Å². The number of aromatic hydroxyl groups is 1. The molecule has 0 aliphatic heterocycles. The van der Waals surface area contributed by atoms with Gasteiger partial charge in [0.1, 0.15) is 23.9 Å². The number of anilines is 1. The van der Waals surface area contributed by atoms with Crippen LogP contribution in [0.25, 0.3) is 0 Å². The summed E-state index contributed by atoms with van der Waals surface area (Å²) in [6.45, 7) is 1.32. The van der Waals surface area contributed by atoms with Gasteiger partial charge in [0, 0.05) is 6.07 Å². The van der Waals surface area contributed by atoms with Crippen molar-refractivity contribution in [3.05, 3.63) is 75.2 Å². The van der Waals surface area contributed by atoms with E-state index in [2.05, 4.69) is 5.32 Å². The van der Waals surface area contributed by atoms with Crippen LogP contribution in [0.15, 0.2) is 57.8 Å². The average molecular weight is 481 g/mol. The molecule has 0 saturated heterocycles. The van der Waals surface area contributed by atoms with Gasteiger partial charge < -0.3 is 19.6 Å². The van der Waals surface area contributed by atoms with Crippen molar-refractivity contribution in [3.8, 4) is 11.5 Å². The molecule has 1 amide bonds. The number of amides is 1. The van der Waals surface area contributed by atoms with Crippen LogP contribution < -0.4 is 10.1 Å². The summed E-state index contributed by atoms with van der Waals surface area (Å²) in [5.41, 5.74) is -0.293. The number of rotatable bonds is 8. The fourth-order valence-electron chi connectivity index (χ4n) is 2.60. The maximum atomic E-state index is 12.5. The van der Waals surface area contributed by atoms with Crippen LogP contribution in [0.3, 0.4) is 0 Å². The second-order valence-electron chi connectivity index (χ2n) is 6.46. The summed E-state index contributed by atoms with van der Waals surface area (Å²) in [5, 5.41) is 23.4. The van der Waals surface area contributed by atoms with E-state index in [0.717, 1.165) is 6.07 Å². The van der Waals surface area contributed by atoms with E-state index in [1.54, 1.807) is 0 Å². The highest BCUT2D eigenvalue weighted by Crippen LogP contribution is 2.30. The minimum atomic E-state index is -3.53. The number of nitrogens with zero attached hydrogens (tertiary/aromatic N) is 1. The minimum Gasteiger partial charge on any atom is -0.506 e. The second kappa shape index (κ2) is 9.28.